The van der Waals surface area contributed by atoms with E-state index in [1.165, 1.54) is 55.7 Å². The van der Waals surface area contributed by atoms with E-state index in [0.29, 0.717) is 6.04 Å². The lowest BCUT2D eigenvalue weighted by molar-refractivity contribution is 0.286. The molecule has 3 rings (SSSR count). The fourth-order valence-electron chi connectivity index (χ4n) is 3.96. The lowest BCUT2D eigenvalue weighted by Gasteiger charge is -2.33. The van der Waals surface area contributed by atoms with E-state index in [4.69, 9.17) is 0 Å². The average molecular weight is 305 g/mol. The third kappa shape index (κ3) is 3.75. The molecule has 0 bridgehead atoms. The van der Waals surface area contributed by atoms with Crippen molar-refractivity contribution in [3.8, 4) is 0 Å². The van der Waals surface area contributed by atoms with Crippen LogP contribution in [-0.2, 0) is 0 Å². The van der Waals surface area contributed by atoms with Crippen LogP contribution in [0.2, 0.25) is 0 Å². The Balaban J connectivity index is 1.68. The Labute approximate surface area is 133 Å². The number of thioether (sulfide) groups is 1. The third-order valence-electron chi connectivity index (χ3n) is 4.96. The van der Waals surface area contributed by atoms with Crippen molar-refractivity contribution in [3.63, 3.8) is 0 Å². The summed E-state index contributed by atoms with van der Waals surface area (Å²) in [6.45, 7) is 3.45. The van der Waals surface area contributed by atoms with Gasteiger partial charge in [0.1, 0.15) is 0 Å². The van der Waals surface area contributed by atoms with E-state index in [0.717, 1.165) is 17.7 Å². The molecule has 1 aliphatic carbocycles. The zero-order valence-electron chi connectivity index (χ0n) is 13.1. The predicted octanol–water partition coefficient (Wildman–Crippen LogP) is 4.52. The van der Waals surface area contributed by atoms with Crippen LogP contribution in [0.15, 0.2) is 29.2 Å². The zero-order chi connectivity index (χ0) is 14.5. The number of benzene rings is 1. The van der Waals surface area contributed by atoms with Gasteiger partial charge in [-0.05, 0) is 56.0 Å². The van der Waals surface area contributed by atoms with E-state index in [2.05, 4.69) is 41.8 Å². The van der Waals surface area contributed by atoms with Crippen LogP contribution >= 0.6 is 11.8 Å². The molecule has 1 saturated heterocycles. The van der Waals surface area contributed by atoms with Gasteiger partial charge in [0.05, 0.1) is 0 Å². The molecule has 1 aliphatic heterocycles. The van der Waals surface area contributed by atoms with Crippen LogP contribution in [0.4, 0.5) is 5.69 Å². The van der Waals surface area contributed by atoms with E-state index in [9.17, 15) is 0 Å². The molecule has 1 saturated carbocycles. The highest BCUT2D eigenvalue weighted by Crippen LogP contribution is 2.36. The van der Waals surface area contributed by atoms with Gasteiger partial charge in [-0.2, -0.15) is 0 Å². The Morgan fingerprint density at radius 3 is 2.86 bits per heavy atom. The number of hydrogen-bond acceptors (Lipinski definition) is 3. The number of piperidine rings is 1. The highest BCUT2D eigenvalue weighted by Gasteiger charge is 2.34. The van der Waals surface area contributed by atoms with Crippen LogP contribution in [0.25, 0.3) is 0 Å². The maximum absolute atomic E-state index is 3.88. The number of anilines is 1. The Hall–Kier alpha value is -0.670. The summed E-state index contributed by atoms with van der Waals surface area (Å²) in [5.41, 5.74) is 1.34. The molecule has 2 aliphatic rings. The lowest BCUT2D eigenvalue weighted by atomic mass is 9.88. The Bertz CT molecular complexity index is 443. The molecule has 3 unspecified atom stereocenters. The van der Waals surface area contributed by atoms with Gasteiger partial charge in [-0.3, -0.25) is 0 Å². The SMILES string of the molecule is CCSc1ccccc1NC1CCCC1C1CCCCN1. The van der Waals surface area contributed by atoms with Gasteiger partial charge in [-0.15, -0.1) is 11.8 Å². The van der Waals surface area contributed by atoms with Crippen molar-refractivity contribution in [2.45, 2.75) is 62.4 Å². The van der Waals surface area contributed by atoms with E-state index in [-0.39, 0.29) is 0 Å². The van der Waals surface area contributed by atoms with E-state index < -0.39 is 0 Å². The number of nitrogens with one attached hydrogen (secondary N) is 2. The average Bonchev–Trinajstić information content (AvgIpc) is 2.99. The van der Waals surface area contributed by atoms with E-state index in [1.807, 2.05) is 11.8 Å². The molecule has 0 radical (unpaired) electrons. The highest BCUT2D eigenvalue weighted by molar-refractivity contribution is 7.99. The second kappa shape index (κ2) is 7.55. The first-order chi connectivity index (χ1) is 10.4. The van der Waals surface area contributed by atoms with Crippen molar-refractivity contribution in [2.75, 3.05) is 17.6 Å². The van der Waals surface area contributed by atoms with Gasteiger partial charge in [0.25, 0.3) is 0 Å². The molecule has 116 valence electrons. The van der Waals surface area contributed by atoms with Crippen LogP contribution in [0.5, 0.6) is 0 Å². The summed E-state index contributed by atoms with van der Waals surface area (Å²) in [5.74, 6) is 1.95. The van der Waals surface area contributed by atoms with Crippen LogP contribution in [0.1, 0.15) is 45.4 Å². The quantitative estimate of drug-likeness (QED) is 0.782. The smallest absolute Gasteiger partial charge is 0.0480 e. The second-order valence-electron chi connectivity index (χ2n) is 6.33. The number of hydrogen-bond donors (Lipinski definition) is 2. The molecule has 3 atom stereocenters. The predicted molar refractivity (Wildman–Crippen MR) is 93.2 cm³/mol. The van der Waals surface area contributed by atoms with Crippen LogP contribution in [0, 0.1) is 5.92 Å². The summed E-state index contributed by atoms with van der Waals surface area (Å²) in [4.78, 5) is 1.40. The van der Waals surface area contributed by atoms with Crippen LogP contribution < -0.4 is 10.6 Å². The van der Waals surface area contributed by atoms with Gasteiger partial charge in [-0.1, -0.05) is 31.9 Å². The second-order valence-corrected chi connectivity index (χ2v) is 7.64. The number of rotatable bonds is 5. The lowest BCUT2D eigenvalue weighted by Crippen LogP contribution is -2.44. The van der Waals surface area contributed by atoms with Gasteiger partial charge in [0.15, 0.2) is 0 Å². The van der Waals surface area contributed by atoms with Gasteiger partial charge < -0.3 is 10.6 Å². The molecule has 0 spiro atoms. The summed E-state index contributed by atoms with van der Waals surface area (Å²) in [6.07, 6.45) is 8.23. The first-order valence-electron chi connectivity index (χ1n) is 8.60. The first-order valence-corrected chi connectivity index (χ1v) is 9.59. The molecule has 1 aromatic rings. The maximum Gasteiger partial charge on any atom is 0.0480 e. The standard InChI is InChI=1S/C18H28N2S/c1-2-21-18-12-4-3-10-17(18)20-16-11-7-8-14(16)15-9-5-6-13-19-15/h3-4,10,12,14-16,19-20H,2,5-9,11,13H2,1H3. The molecular formula is C18H28N2S. The van der Waals surface area contributed by atoms with Crippen molar-refractivity contribution in [3.05, 3.63) is 24.3 Å². The molecule has 2 fully saturated rings. The fraction of sp³-hybridized carbons (Fsp3) is 0.667. The maximum atomic E-state index is 3.88. The van der Waals surface area contributed by atoms with E-state index in [1.54, 1.807) is 0 Å². The van der Waals surface area contributed by atoms with Crippen molar-refractivity contribution in [1.82, 2.24) is 5.32 Å². The van der Waals surface area contributed by atoms with Gasteiger partial charge in [0.2, 0.25) is 0 Å². The molecule has 3 heteroatoms. The summed E-state index contributed by atoms with van der Waals surface area (Å²) in [7, 11) is 0. The van der Waals surface area contributed by atoms with Crippen molar-refractivity contribution < 1.29 is 0 Å². The topological polar surface area (TPSA) is 24.1 Å². The minimum atomic E-state index is 0.652. The third-order valence-corrected chi connectivity index (χ3v) is 5.92. The summed E-state index contributed by atoms with van der Waals surface area (Å²) in [6, 6.07) is 10.2. The molecule has 0 aromatic heterocycles. The highest BCUT2D eigenvalue weighted by atomic mass is 32.2. The molecule has 0 amide bonds. The normalized spacial score (nSPS) is 29.5. The summed E-state index contributed by atoms with van der Waals surface area (Å²) >= 11 is 1.94. The molecule has 1 aromatic carbocycles. The zero-order valence-corrected chi connectivity index (χ0v) is 13.9. The minimum absolute atomic E-state index is 0.652. The fourth-order valence-corrected chi connectivity index (χ4v) is 4.73. The Morgan fingerprint density at radius 2 is 2.05 bits per heavy atom. The Morgan fingerprint density at radius 1 is 1.14 bits per heavy atom. The summed E-state index contributed by atoms with van der Waals surface area (Å²) in [5, 5.41) is 7.65. The van der Waals surface area contributed by atoms with Gasteiger partial charge >= 0.3 is 0 Å². The van der Waals surface area contributed by atoms with Crippen molar-refractivity contribution in [1.29, 1.82) is 0 Å². The molecular weight excluding hydrogens is 276 g/mol. The minimum Gasteiger partial charge on any atom is -0.381 e. The largest absolute Gasteiger partial charge is 0.381 e. The van der Waals surface area contributed by atoms with Crippen LogP contribution in [-0.4, -0.2) is 24.4 Å². The van der Waals surface area contributed by atoms with Gasteiger partial charge in [-0.25, -0.2) is 0 Å². The molecule has 2 N–H and O–H groups in total. The monoisotopic (exact) mass is 304 g/mol. The number of para-hydroxylation sites is 1. The van der Waals surface area contributed by atoms with E-state index >= 15 is 0 Å². The van der Waals surface area contributed by atoms with Crippen molar-refractivity contribution >= 4 is 17.4 Å². The first kappa shape index (κ1) is 15.2. The molecule has 2 nitrogen and oxygen atoms in total. The molecule has 1 heterocycles. The van der Waals surface area contributed by atoms with Gasteiger partial charge in [0, 0.05) is 22.7 Å². The van der Waals surface area contributed by atoms with Crippen molar-refractivity contribution in [2.24, 2.45) is 5.92 Å². The summed E-state index contributed by atoms with van der Waals surface area (Å²) < 4.78 is 0. The Kier molecular flexibility index (Phi) is 5.48. The molecule has 21 heavy (non-hydrogen) atoms. The van der Waals surface area contributed by atoms with Crippen LogP contribution in [0.3, 0.4) is 0 Å².